The van der Waals surface area contributed by atoms with E-state index in [0.717, 1.165) is 17.9 Å². The summed E-state index contributed by atoms with van der Waals surface area (Å²) in [5.74, 6) is 1.41. The van der Waals surface area contributed by atoms with Crippen LogP contribution in [0.5, 0.6) is 5.88 Å². The van der Waals surface area contributed by atoms with Gasteiger partial charge in [-0.15, -0.1) is 0 Å². The van der Waals surface area contributed by atoms with Gasteiger partial charge in [0.2, 0.25) is 5.88 Å². The van der Waals surface area contributed by atoms with Crippen LogP contribution in [0.15, 0.2) is 6.20 Å². The van der Waals surface area contributed by atoms with Crippen molar-refractivity contribution >= 4 is 0 Å². The molecule has 5 nitrogen and oxygen atoms in total. The second kappa shape index (κ2) is 6.66. The first-order valence-corrected chi connectivity index (χ1v) is 6.56. The molecule has 0 atom stereocenters. The molecule has 0 aliphatic heterocycles. The average molecular weight is 251 g/mol. The SMILES string of the molecule is CCOCCOc1nc(C)ncc1CNC1CC1. The Balaban J connectivity index is 1.89. The molecule has 5 heteroatoms. The highest BCUT2D eigenvalue weighted by Gasteiger charge is 2.21. The molecule has 2 rings (SSSR count). The van der Waals surface area contributed by atoms with Crippen molar-refractivity contribution in [1.29, 1.82) is 0 Å². The van der Waals surface area contributed by atoms with Gasteiger partial charge in [0.25, 0.3) is 0 Å². The summed E-state index contributed by atoms with van der Waals surface area (Å²) < 4.78 is 10.9. The standard InChI is InChI=1S/C13H21N3O2/c1-3-17-6-7-18-13-11(8-14-10(2)16-13)9-15-12-4-5-12/h8,12,15H,3-7,9H2,1-2H3. The molecular formula is C13H21N3O2. The Morgan fingerprint density at radius 1 is 1.39 bits per heavy atom. The maximum atomic E-state index is 5.66. The predicted octanol–water partition coefficient (Wildman–Crippen LogP) is 1.45. The summed E-state index contributed by atoms with van der Waals surface area (Å²) in [6.45, 7) is 6.44. The quantitative estimate of drug-likeness (QED) is 0.709. The van der Waals surface area contributed by atoms with Gasteiger partial charge < -0.3 is 14.8 Å². The lowest BCUT2D eigenvalue weighted by atomic mass is 10.3. The number of aromatic nitrogens is 2. The Hall–Kier alpha value is -1.20. The van der Waals surface area contributed by atoms with Crippen LogP contribution in [-0.2, 0) is 11.3 Å². The van der Waals surface area contributed by atoms with Gasteiger partial charge in [0.1, 0.15) is 12.4 Å². The predicted molar refractivity (Wildman–Crippen MR) is 68.6 cm³/mol. The second-order valence-electron chi connectivity index (χ2n) is 4.45. The first-order chi connectivity index (χ1) is 8.79. The van der Waals surface area contributed by atoms with Crippen molar-refractivity contribution in [2.45, 2.75) is 39.3 Å². The summed E-state index contributed by atoms with van der Waals surface area (Å²) in [6, 6.07) is 0.669. The van der Waals surface area contributed by atoms with Gasteiger partial charge in [0, 0.05) is 31.0 Å². The topological polar surface area (TPSA) is 56.3 Å². The molecule has 1 fully saturated rings. The Bertz CT molecular complexity index is 380. The van der Waals surface area contributed by atoms with Crippen molar-refractivity contribution in [3.63, 3.8) is 0 Å². The summed E-state index contributed by atoms with van der Waals surface area (Å²) in [7, 11) is 0. The first-order valence-electron chi connectivity index (χ1n) is 6.56. The van der Waals surface area contributed by atoms with E-state index in [9.17, 15) is 0 Å². The molecular weight excluding hydrogens is 230 g/mol. The molecule has 0 saturated heterocycles. The molecule has 0 aromatic carbocycles. The largest absolute Gasteiger partial charge is 0.475 e. The highest BCUT2D eigenvalue weighted by molar-refractivity contribution is 5.23. The third kappa shape index (κ3) is 4.23. The molecule has 18 heavy (non-hydrogen) atoms. The van der Waals surface area contributed by atoms with Gasteiger partial charge in [-0.05, 0) is 26.7 Å². The zero-order chi connectivity index (χ0) is 12.8. The summed E-state index contributed by atoms with van der Waals surface area (Å²) in [5, 5.41) is 3.44. The number of hydrogen-bond donors (Lipinski definition) is 1. The second-order valence-corrected chi connectivity index (χ2v) is 4.45. The third-order valence-electron chi connectivity index (χ3n) is 2.77. The van der Waals surface area contributed by atoms with Crippen LogP contribution in [0.1, 0.15) is 31.2 Å². The van der Waals surface area contributed by atoms with Crippen LogP contribution in [0.2, 0.25) is 0 Å². The fourth-order valence-electron chi connectivity index (χ4n) is 1.60. The molecule has 100 valence electrons. The first kappa shape index (κ1) is 13.2. The van der Waals surface area contributed by atoms with Gasteiger partial charge in [0.15, 0.2) is 0 Å². The molecule has 1 saturated carbocycles. The van der Waals surface area contributed by atoms with E-state index < -0.39 is 0 Å². The van der Waals surface area contributed by atoms with Crippen LogP contribution in [0.4, 0.5) is 0 Å². The monoisotopic (exact) mass is 251 g/mol. The van der Waals surface area contributed by atoms with Gasteiger partial charge in [0.05, 0.1) is 6.61 Å². The molecule has 1 heterocycles. The van der Waals surface area contributed by atoms with E-state index in [1.807, 2.05) is 20.0 Å². The van der Waals surface area contributed by atoms with E-state index in [1.165, 1.54) is 12.8 Å². The molecule has 0 unspecified atom stereocenters. The molecule has 1 aromatic heterocycles. The van der Waals surface area contributed by atoms with Crippen molar-refractivity contribution < 1.29 is 9.47 Å². The Kier molecular flexibility index (Phi) is 4.90. The van der Waals surface area contributed by atoms with E-state index in [4.69, 9.17) is 9.47 Å². The molecule has 1 aliphatic rings. The van der Waals surface area contributed by atoms with E-state index in [-0.39, 0.29) is 0 Å². The number of hydrogen-bond acceptors (Lipinski definition) is 5. The number of rotatable bonds is 8. The molecule has 0 amide bonds. The van der Waals surface area contributed by atoms with Crippen LogP contribution in [0.3, 0.4) is 0 Å². The average Bonchev–Trinajstić information content (AvgIpc) is 3.17. The van der Waals surface area contributed by atoms with Crippen molar-refractivity contribution in [2.75, 3.05) is 19.8 Å². The molecule has 0 spiro atoms. The number of ether oxygens (including phenoxy) is 2. The number of nitrogens with zero attached hydrogens (tertiary/aromatic N) is 2. The molecule has 0 radical (unpaired) electrons. The summed E-state index contributed by atoms with van der Waals surface area (Å²) in [4.78, 5) is 8.56. The van der Waals surface area contributed by atoms with Crippen molar-refractivity contribution in [3.8, 4) is 5.88 Å². The third-order valence-corrected chi connectivity index (χ3v) is 2.77. The molecule has 1 aromatic rings. The Labute approximate surface area is 108 Å². The Morgan fingerprint density at radius 2 is 2.22 bits per heavy atom. The summed E-state index contributed by atoms with van der Waals surface area (Å²) >= 11 is 0. The van der Waals surface area contributed by atoms with Crippen LogP contribution in [0, 0.1) is 6.92 Å². The van der Waals surface area contributed by atoms with Crippen LogP contribution in [-0.4, -0.2) is 35.8 Å². The van der Waals surface area contributed by atoms with E-state index >= 15 is 0 Å². The minimum Gasteiger partial charge on any atom is -0.475 e. The van der Waals surface area contributed by atoms with Crippen LogP contribution < -0.4 is 10.1 Å². The Morgan fingerprint density at radius 3 is 2.94 bits per heavy atom. The lowest BCUT2D eigenvalue weighted by molar-refractivity contribution is 0.108. The van der Waals surface area contributed by atoms with Gasteiger partial charge in [-0.3, -0.25) is 0 Å². The van der Waals surface area contributed by atoms with Crippen molar-refractivity contribution in [2.24, 2.45) is 0 Å². The van der Waals surface area contributed by atoms with Crippen molar-refractivity contribution in [3.05, 3.63) is 17.6 Å². The van der Waals surface area contributed by atoms with Gasteiger partial charge >= 0.3 is 0 Å². The lowest BCUT2D eigenvalue weighted by Gasteiger charge is -2.11. The fraction of sp³-hybridized carbons (Fsp3) is 0.692. The van der Waals surface area contributed by atoms with Gasteiger partial charge in [-0.1, -0.05) is 0 Å². The molecule has 1 N–H and O–H groups in total. The lowest BCUT2D eigenvalue weighted by Crippen LogP contribution is -2.18. The van der Waals surface area contributed by atoms with E-state index in [2.05, 4.69) is 15.3 Å². The van der Waals surface area contributed by atoms with Gasteiger partial charge in [-0.2, -0.15) is 4.98 Å². The number of nitrogens with one attached hydrogen (secondary N) is 1. The zero-order valence-electron chi connectivity index (χ0n) is 11.1. The minimum absolute atomic E-state index is 0.528. The molecule has 1 aliphatic carbocycles. The van der Waals surface area contributed by atoms with E-state index in [1.54, 1.807) is 0 Å². The van der Waals surface area contributed by atoms with E-state index in [0.29, 0.717) is 31.7 Å². The maximum Gasteiger partial charge on any atom is 0.221 e. The maximum absolute atomic E-state index is 5.66. The zero-order valence-corrected chi connectivity index (χ0v) is 11.1. The van der Waals surface area contributed by atoms with Crippen LogP contribution >= 0.6 is 0 Å². The highest BCUT2D eigenvalue weighted by atomic mass is 16.5. The smallest absolute Gasteiger partial charge is 0.221 e. The molecule has 0 bridgehead atoms. The highest BCUT2D eigenvalue weighted by Crippen LogP contribution is 2.21. The van der Waals surface area contributed by atoms with Gasteiger partial charge in [-0.25, -0.2) is 4.98 Å². The summed E-state index contributed by atoms with van der Waals surface area (Å²) in [6.07, 6.45) is 4.38. The number of aryl methyl sites for hydroxylation is 1. The van der Waals surface area contributed by atoms with Crippen molar-refractivity contribution in [1.82, 2.24) is 15.3 Å². The normalized spacial score (nSPS) is 14.8. The summed E-state index contributed by atoms with van der Waals surface area (Å²) in [5.41, 5.74) is 1.02. The fourth-order valence-corrected chi connectivity index (χ4v) is 1.60. The minimum atomic E-state index is 0.528. The van der Waals surface area contributed by atoms with Crippen LogP contribution in [0.25, 0.3) is 0 Å².